The zero-order chi connectivity index (χ0) is 21.8. The third-order valence-electron chi connectivity index (χ3n) is 6.17. The quantitative estimate of drug-likeness (QED) is 0.580. The van der Waals surface area contributed by atoms with Gasteiger partial charge in [-0.15, -0.1) is 0 Å². The van der Waals surface area contributed by atoms with Gasteiger partial charge in [-0.05, 0) is 35.4 Å². The number of hydrogen-bond donors (Lipinski definition) is 0. The van der Waals surface area contributed by atoms with E-state index in [2.05, 4.69) is 27.7 Å². The lowest BCUT2D eigenvalue weighted by Crippen LogP contribution is -2.37. The Balaban J connectivity index is 1.89. The van der Waals surface area contributed by atoms with Crippen LogP contribution in [-0.2, 0) is 14.3 Å². The van der Waals surface area contributed by atoms with Crippen LogP contribution in [0.5, 0.6) is 5.75 Å². The minimum atomic E-state index is -0.427. The van der Waals surface area contributed by atoms with Gasteiger partial charge >= 0.3 is 0 Å². The Labute approximate surface area is 183 Å². The highest BCUT2D eigenvalue weighted by Crippen LogP contribution is 2.53. The number of Topliss-reactive ketones (excluding diaryl/α,β-unsaturated/α-hetero) is 2. The van der Waals surface area contributed by atoms with Crippen molar-refractivity contribution >= 4 is 23.2 Å². The van der Waals surface area contributed by atoms with E-state index in [0.717, 1.165) is 17.1 Å². The van der Waals surface area contributed by atoms with Gasteiger partial charge in [-0.1, -0.05) is 45.4 Å². The molecule has 2 aliphatic carbocycles. The van der Waals surface area contributed by atoms with E-state index in [1.807, 2.05) is 25.1 Å². The van der Waals surface area contributed by atoms with Gasteiger partial charge in [0.05, 0.1) is 11.6 Å². The normalized spacial score (nSPS) is 23.1. The number of halogens is 1. The van der Waals surface area contributed by atoms with Crippen LogP contribution in [0.1, 0.15) is 71.8 Å². The Morgan fingerprint density at radius 1 is 0.967 bits per heavy atom. The Morgan fingerprint density at radius 2 is 1.50 bits per heavy atom. The van der Waals surface area contributed by atoms with Gasteiger partial charge in [0.2, 0.25) is 0 Å². The summed E-state index contributed by atoms with van der Waals surface area (Å²) in [5, 5.41) is 0.484. The molecule has 1 aliphatic heterocycles. The van der Waals surface area contributed by atoms with Gasteiger partial charge in [0, 0.05) is 42.7 Å². The summed E-state index contributed by atoms with van der Waals surface area (Å²) in [6, 6.07) is 5.57. The first kappa shape index (κ1) is 21.2. The van der Waals surface area contributed by atoms with E-state index in [4.69, 9.17) is 21.1 Å². The molecule has 0 amide bonds. The predicted octanol–water partition coefficient (Wildman–Crippen LogP) is 6.14. The van der Waals surface area contributed by atoms with Crippen LogP contribution in [0.4, 0.5) is 0 Å². The standard InChI is InChI=1S/C25H29ClO4/c1-6-29-18-8-7-14(9-15(18)26)21-22-16(27)10-24(2,3)12-19(22)30-20-13-25(4,5)11-17(28)23(20)21/h7-9,21H,6,10-13H2,1-5H3. The molecule has 30 heavy (non-hydrogen) atoms. The lowest BCUT2D eigenvalue weighted by molar-refractivity contribution is -0.120. The van der Waals surface area contributed by atoms with Gasteiger partial charge in [-0.2, -0.15) is 0 Å². The molecule has 0 N–H and O–H groups in total. The molecule has 0 unspecified atom stereocenters. The lowest BCUT2D eigenvalue weighted by atomic mass is 9.65. The summed E-state index contributed by atoms with van der Waals surface area (Å²) in [5.41, 5.74) is 1.77. The van der Waals surface area contributed by atoms with Crippen LogP contribution >= 0.6 is 11.6 Å². The van der Waals surface area contributed by atoms with E-state index in [-0.39, 0.29) is 22.4 Å². The monoisotopic (exact) mass is 428 g/mol. The minimum absolute atomic E-state index is 0.0560. The second-order valence-electron chi connectivity index (χ2n) is 10.2. The first-order chi connectivity index (χ1) is 14.0. The summed E-state index contributed by atoms with van der Waals surface area (Å²) < 4.78 is 11.9. The topological polar surface area (TPSA) is 52.6 Å². The summed E-state index contributed by atoms with van der Waals surface area (Å²) in [7, 11) is 0. The van der Waals surface area contributed by atoms with Crippen LogP contribution in [-0.4, -0.2) is 18.2 Å². The molecule has 1 aromatic rings. The Morgan fingerprint density at radius 3 is 1.97 bits per heavy atom. The molecule has 1 heterocycles. The smallest absolute Gasteiger partial charge is 0.163 e. The fourth-order valence-electron chi connectivity index (χ4n) is 4.98. The highest BCUT2D eigenvalue weighted by molar-refractivity contribution is 6.32. The summed E-state index contributed by atoms with van der Waals surface area (Å²) in [4.78, 5) is 26.5. The highest BCUT2D eigenvalue weighted by atomic mass is 35.5. The van der Waals surface area contributed by atoms with E-state index in [1.165, 1.54) is 0 Å². The molecule has 0 saturated heterocycles. The van der Waals surface area contributed by atoms with Crippen molar-refractivity contribution in [1.82, 2.24) is 0 Å². The number of hydrogen-bond acceptors (Lipinski definition) is 4. The second-order valence-corrected chi connectivity index (χ2v) is 10.6. The average molecular weight is 429 g/mol. The zero-order valence-corrected chi connectivity index (χ0v) is 19.1. The Bertz CT molecular complexity index is 944. The number of allylic oxidation sites excluding steroid dienone is 4. The van der Waals surface area contributed by atoms with Crippen molar-refractivity contribution in [1.29, 1.82) is 0 Å². The van der Waals surface area contributed by atoms with Crippen molar-refractivity contribution in [3.63, 3.8) is 0 Å². The van der Waals surface area contributed by atoms with Crippen molar-refractivity contribution < 1.29 is 19.1 Å². The van der Waals surface area contributed by atoms with Gasteiger partial charge in [-0.3, -0.25) is 9.59 Å². The molecule has 160 valence electrons. The predicted molar refractivity (Wildman–Crippen MR) is 117 cm³/mol. The molecule has 0 saturated carbocycles. The molecule has 4 rings (SSSR count). The molecule has 0 atom stereocenters. The summed E-state index contributed by atoms with van der Waals surface area (Å²) in [6.45, 7) is 10.8. The maximum absolute atomic E-state index is 13.3. The van der Waals surface area contributed by atoms with E-state index in [0.29, 0.717) is 54.2 Å². The van der Waals surface area contributed by atoms with Crippen LogP contribution in [0, 0.1) is 10.8 Å². The third-order valence-corrected chi connectivity index (χ3v) is 6.47. The average Bonchev–Trinajstić information content (AvgIpc) is 2.59. The number of ether oxygens (including phenoxy) is 2. The molecule has 0 fully saturated rings. The molecule has 5 heteroatoms. The first-order valence-corrected chi connectivity index (χ1v) is 11.0. The summed E-state index contributed by atoms with van der Waals surface area (Å²) >= 11 is 6.48. The van der Waals surface area contributed by atoms with Crippen molar-refractivity contribution in [3.8, 4) is 5.75 Å². The molecule has 0 radical (unpaired) electrons. The van der Waals surface area contributed by atoms with Crippen LogP contribution in [0.3, 0.4) is 0 Å². The molecule has 3 aliphatic rings. The maximum atomic E-state index is 13.3. The van der Waals surface area contributed by atoms with Crippen LogP contribution in [0.15, 0.2) is 40.9 Å². The van der Waals surface area contributed by atoms with Gasteiger partial charge in [0.15, 0.2) is 11.6 Å². The van der Waals surface area contributed by atoms with E-state index < -0.39 is 5.92 Å². The van der Waals surface area contributed by atoms with Gasteiger partial charge in [-0.25, -0.2) is 0 Å². The summed E-state index contributed by atoms with van der Waals surface area (Å²) in [5.74, 6) is 1.72. The number of ketones is 2. The molecule has 0 aromatic heterocycles. The maximum Gasteiger partial charge on any atom is 0.163 e. The minimum Gasteiger partial charge on any atom is -0.492 e. The largest absolute Gasteiger partial charge is 0.492 e. The second kappa shape index (κ2) is 7.26. The van der Waals surface area contributed by atoms with Gasteiger partial charge in [0.25, 0.3) is 0 Å². The third kappa shape index (κ3) is 3.71. The number of carbonyl (C=O) groups excluding carboxylic acids is 2. The van der Waals surface area contributed by atoms with Crippen molar-refractivity contribution in [3.05, 3.63) is 51.4 Å². The van der Waals surface area contributed by atoms with Crippen LogP contribution in [0.25, 0.3) is 0 Å². The van der Waals surface area contributed by atoms with E-state index >= 15 is 0 Å². The van der Waals surface area contributed by atoms with Crippen molar-refractivity contribution in [2.75, 3.05) is 6.61 Å². The molecule has 0 bridgehead atoms. The van der Waals surface area contributed by atoms with E-state index in [1.54, 1.807) is 0 Å². The number of rotatable bonds is 3. The Hall–Kier alpha value is -2.07. The van der Waals surface area contributed by atoms with Gasteiger partial charge < -0.3 is 9.47 Å². The van der Waals surface area contributed by atoms with E-state index in [9.17, 15) is 9.59 Å². The van der Waals surface area contributed by atoms with Crippen molar-refractivity contribution in [2.24, 2.45) is 10.8 Å². The van der Waals surface area contributed by atoms with Gasteiger partial charge in [0.1, 0.15) is 17.3 Å². The molecule has 1 aromatic carbocycles. The fraction of sp³-hybridized carbons (Fsp3) is 0.520. The zero-order valence-electron chi connectivity index (χ0n) is 18.4. The highest BCUT2D eigenvalue weighted by Gasteiger charge is 2.47. The summed E-state index contributed by atoms with van der Waals surface area (Å²) in [6.07, 6.45) is 2.25. The molecular weight excluding hydrogens is 400 g/mol. The van der Waals surface area contributed by atoms with Crippen LogP contribution < -0.4 is 4.74 Å². The molecule has 0 spiro atoms. The SMILES string of the molecule is CCOc1ccc(C2C3=C(CC(C)(C)CC3=O)OC3=C2C(=O)CC(C)(C)C3)cc1Cl. The fourth-order valence-corrected chi connectivity index (χ4v) is 5.22. The van der Waals surface area contributed by atoms with Crippen molar-refractivity contribution in [2.45, 2.75) is 66.2 Å². The van der Waals surface area contributed by atoms with Crippen LogP contribution in [0.2, 0.25) is 5.02 Å². The number of benzene rings is 1. The lowest BCUT2D eigenvalue weighted by Gasteiger charge is -2.42. The number of carbonyl (C=O) groups is 2. The molecular formula is C25H29ClO4. The molecule has 4 nitrogen and oxygen atoms in total. The first-order valence-electron chi connectivity index (χ1n) is 10.6. The Kier molecular flexibility index (Phi) is 5.13.